The van der Waals surface area contributed by atoms with Crippen LogP contribution in [0.15, 0.2) is 48.7 Å². The van der Waals surface area contributed by atoms with Crippen LogP contribution in [0.5, 0.6) is 11.5 Å². The van der Waals surface area contributed by atoms with E-state index in [0.29, 0.717) is 13.2 Å². The van der Waals surface area contributed by atoms with Gasteiger partial charge in [0.25, 0.3) is 0 Å². The molecule has 5 nitrogen and oxygen atoms in total. The molecule has 2 heterocycles. The Morgan fingerprint density at radius 2 is 1.85 bits per heavy atom. The molecule has 0 bridgehead atoms. The summed E-state index contributed by atoms with van der Waals surface area (Å²) < 4.78 is 11.4. The van der Waals surface area contributed by atoms with Gasteiger partial charge in [0.1, 0.15) is 13.2 Å². The summed E-state index contributed by atoms with van der Waals surface area (Å²) in [6, 6.07) is 15.0. The largest absolute Gasteiger partial charge is 0.486 e. The number of nitrogens with zero attached hydrogens (tertiary/aromatic N) is 1. The number of hydrogen-bond acceptors (Lipinski definition) is 4. The summed E-state index contributed by atoms with van der Waals surface area (Å²) in [5.41, 5.74) is 5.85. The van der Waals surface area contributed by atoms with Crippen molar-refractivity contribution in [1.82, 2.24) is 15.5 Å². The van der Waals surface area contributed by atoms with Crippen molar-refractivity contribution in [1.29, 1.82) is 0 Å². The first-order valence-electron chi connectivity index (χ1n) is 9.47. The van der Waals surface area contributed by atoms with E-state index in [1.54, 1.807) is 0 Å². The lowest BCUT2D eigenvalue weighted by Crippen LogP contribution is -2.21. The van der Waals surface area contributed by atoms with Crippen LogP contribution in [-0.2, 0) is 6.54 Å². The van der Waals surface area contributed by atoms with Crippen LogP contribution >= 0.6 is 0 Å². The van der Waals surface area contributed by atoms with Gasteiger partial charge in [0.05, 0.1) is 11.9 Å². The molecule has 0 saturated heterocycles. The van der Waals surface area contributed by atoms with Gasteiger partial charge in [-0.05, 0) is 36.6 Å². The normalized spacial score (nSPS) is 14.1. The number of rotatable bonds is 6. The van der Waals surface area contributed by atoms with Crippen LogP contribution in [0.4, 0.5) is 0 Å². The molecule has 5 heteroatoms. The first-order chi connectivity index (χ1) is 13.2. The number of hydrogen-bond donors (Lipinski definition) is 2. The standard InChI is InChI=1S/C22H25N3O2/c1-3-19(17-8-9-20-21(12-17)27-11-10-26-20)23-13-18-14-24-25-22(18)16-6-4-15(2)5-7-16/h4-9,12,14,19,23H,3,10-11,13H2,1-2H3,(H,24,25). The fourth-order valence-electron chi connectivity index (χ4n) is 3.42. The number of aromatic amines is 1. The fraction of sp³-hybridized carbons (Fsp3) is 0.318. The Hall–Kier alpha value is -2.79. The van der Waals surface area contributed by atoms with Crippen molar-refractivity contribution in [2.24, 2.45) is 0 Å². The van der Waals surface area contributed by atoms with E-state index >= 15 is 0 Å². The monoisotopic (exact) mass is 363 g/mol. The first-order valence-corrected chi connectivity index (χ1v) is 9.47. The molecule has 1 aliphatic heterocycles. The zero-order valence-corrected chi connectivity index (χ0v) is 15.8. The van der Waals surface area contributed by atoms with E-state index in [0.717, 1.165) is 41.3 Å². The third-order valence-corrected chi connectivity index (χ3v) is 4.97. The second kappa shape index (κ2) is 7.84. The number of fused-ring (bicyclic) bond motifs is 1. The summed E-state index contributed by atoms with van der Waals surface area (Å²) in [7, 11) is 0. The Kier molecular flexibility index (Phi) is 5.12. The van der Waals surface area contributed by atoms with Crippen LogP contribution in [0.25, 0.3) is 11.3 Å². The van der Waals surface area contributed by atoms with Crippen molar-refractivity contribution < 1.29 is 9.47 Å². The molecule has 2 N–H and O–H groups in total. The van der Waals surface area contributed by atoms with Crippen molar-refractivity contribution in [3.8, 4) is 22.8 Å². The van der Waals surface area contributed by atoms with Gasteiger partial charge in [0.15, 0.2) is 11.5 Å². The van der Waals surface area contributed by atoms with Gasteiger partial charge in [-0.2, -0.15) is 5.10 Å². The van der Waals surface area contributed by atoms with Crippen molar-refractivity contribution in [3.63, 3.8) is 0 Å². The number of benzene rings is 2. The van der Waals surface area contributed by atoms with Gasteiger partial charge in [0, 0.05) is 18.2 Å². The molecule has 27 heavy (non-hydrogen) atoms. The van der Waals surface area contributed by atoms with E-state index in [4.69, 9.17) is 9.47 Å². The lowest BCUT2D eigenvalue weighted by molar-refractivity contribution is 0.171. The zero-order chi connectivity index (χ0) is 18.6. The van der Waals surface area contributed by atoms with E-state index in [1.807, 2.05) is 12.3 Å². The molecule has 0 spiro atoms. The third kappa shape index (κ3) is 3.83. The molecule has 1 unspecified atom stereocenters. The van der Waals surface area contributed by atoms with E-state index in [-0.39, 0.29) is 6.04 Å². The van der Waals surface area contributed by atoms with Gasteiger partial charge < -0.3 is 14.8 Å². The number of ether oxygens (including phenoxy) is 2. The second-order valence-electron chi connectivity index (χ2n) is 6.88. The van der Waals surface area contributed by atoms with Gasteiger partial charge in [0.2, 0.25) is 0 Å². The van der Waals surface area contributed by atoms with Crippen molar-refractivity contribution in [2.45, 2.75) is 32.9 Å². The average molecular weight is 363 g/mol. The smallest absolute Gasteiger partial charge is 0.161 e. The second-order valence-corrected chi connectivity index (χ2v) is 6.88. The average Bonchev–Trinajstić information content (AvgIpc) is 3.17. The molecule has 0 radical (unpaired) electrons. The fourth-order valence-corrected chi connectivity index (χ4v) is 3.42. The van der Waals surface area contributed by atoms with Crippen molar-refractivity contribution in [3.05, 3.63) is 65.4 Å². The Morgan fingerprint density at radius 1 is 1.07 bits per heavy atom. The highest BCUT2D eigenvalue weighted by molar-refractivity contribution is 5.62. The maximum atomic E-state index is 5.73. The molecular weight excluding hydrogens is 338 g/mol. The highest BCUT2D eigenvalue weighted by Crippen LogP contribution is 2.33. The molecule has 0 amide bonds. The molecule has 2 aromatic carbocycles. The number of aryl methyl sites for hydroxylation is 1. The van der Waals surface area contributed by atoms with Gasteiger partial charge in [-0.25, -0.2) is 0 Å². The molecule has 140 valence electrons. The molecular formula is C22H25N3O2. The minimum atomic E-state index is 0.238. The van der Waals surface area contributed by atoms with Gasteiger partial charge in [-0.15, -0.1) is 0 Å². The summed E-state index contributed by atoms with van der Waals surface area (Å²) >= 11 is 0. The number of nitrogens with one attached hydrogen (secondary N) is 2. The molecule has 0 aliphatic carbocycles. The molecule has 1 aliphatic rings. The molecule has 0 saturated carbocycles. The highest BCUT2D eigenvalue weighted by Gasteiger charge is 2.17. The van der Waals surface area contributed by atoms with Crippen LogP contribution in [0.2, 0.25) is 0 Å². The minimum Gasteiger partial charge on any atom is -0.486 e. The predicted molar refractivity (Wildman–Crippen MR) is 106 cm³/mol. The Balaban J connectivity index is 1.49. The van der Waals surface area contributed by atoms with Crippen LogP contribution in [0.3, 0.4) is 0 Å². The summed E-state index contributed by atoms with van der Waals surface area (Å²) in [6.07, 6.45) is 2.89. The lowest BCUT2D eigenvalue weighted by atomic mass is 10.0. The third-order valence-electron chi connectivity index (χ3n) is 4.97. The van der Waals surface area contributed by atoms with E-state index in [9.17, 15) is 0 Å². The summed E-state index contributed by atoms with van der Waals surface area (Å²) in [6.45, 7) is 6.25. The maximum absolute atomic E-state index is 5.73. The van der Waals surface area contributed by atoms with Crippen LogP contribution in [-0.4, -0.2) is 23.4 Å². The van der Waals surface area contributed by atoms with Crippen molar-refractivity contribution in [2.75, 3.05) is 13.2 Å². The van der Waals surface area contributed by atoms with Gasteiger partial charge in [-0.3, -0.25) is 5.10 Å². The summed E-state index contributed by atoms with van der Waals surface area (Å²) in [5, 5.41) is 11.1. The zero-order valence-electron chi connectivity index (χ0n) is 15.8. The van der Waals surface area contributed by atoms with Crippen molar-refractivity contribution >= 4 is 0 Å². The maximum Gasteiger partial charge on any atom is 0.161 e. The molecule has 4 rings (SSSR count). The first kappa shape index (κ1) is 17.6. The SMILES string of the molecule is CCC(NCc1cn[nH]c1-c1ccc(C)cc1)c1ccc2c(c1)OCCO2. The Bertz CT molecular complexity index is 902. The highest BCUT2D eigenvalue weighted by atomic mass is 16.6. The predicted octanol–water partition coefficient (Wildman–Crippen LogP) is 4.40. The Labute approximate surface area is 159 Å². The van der Waals surface area contributed by atoms with E-state index in [1.165, 1.54) is 11.1 Å². The van der Waals surface area contributed by atoms with Gasteiger partial charge in [-0.1, -0.05) is 42.8 Å². The van der Waals surface area contributed by atoms with E-state index < -0.39 is 0 Å². The Morgan fingerprint density at radius 3 is 2.63 bits per heavy atom. The van der Waals surface area contributed by atoms with Gasteiger partial charge >= 0.3 is 0 Å². The molecule has 1 aromatic heterocycles. The van der Waals surface area contributed by atoms with E-state index in [2.05, 4.69) is 65.8 Å². The minimum absolute atomic E-state index is 0.238. The summed E-state index contributed by atoms with van der Waals surface area (Å²) in [4.78, 5) is 0. The number of H-pyrrole nitrogens is 1. The van der Waals surface area contributed by atoms with Crippen LogP contribution < -0.4 is 14.8 Å². The molecule has 1 atom stereocenters. The van der Waals surface area contributed by atoms with Crippen LogP contribution in [0.1, 0.15) is 36.1 Å². The van der Waals surface area contributed by atoms with Crippen LogP contribution in [0, 0.1) is 6.92 Å². The molecule has 3 aromatic rings. The lowest BCUT2D eigenvalue weighted by Gasteiger charge is -2.22. The number of aromatic nitrogens is 2. The topological polar surface area (TPSA) is 59.2 Å². The summed E-state index contributed by atoms with van der Waals surface area (Å²) in [5.74, 6) is 1.67. The molecule has 0 fully saturated rings. The quantitative estimate of drug-likeness (QED) is 0.682.